The molecule has 1 fully saturated rings. The van der Waals surface area contributed by atoms with Crippen LogP contribution in [0.5, 0.6) is 0 Å². The van der Waals surface area contributed by atoms with Crippen LogP contribution >= 0.6 is 0 Å². The third-order valence-corrected chi connectivity index (χ3v) is 3.33. The van der Waals surface area contributed by atoms with E-state index in [1.165, 1.54) is 18.4 Å². The number of nitrogens with one attached hydrogen (secondary N) is 3. The standard InChI is InChI=1S/C13H19N5/c1-9(7-15-11-3-4-11)14-8-10-2-5-12-13(6-10)17-18-16-12/h2,5-6,9,11,14-15H,3-4,7-8H2,1H3,(H,16,17,18). The van der Waals surface area contributed by atoms with Crippen LogP contribution in [0.3, 0.4) is 0 Å². The summed E-state index contributed by atoms with van der Waals surface area (Å²) in [6.07, 6.45) is 2.69. The molecule has 1 atom stereocenters. The van der Waals surface area contributed by atoms with Crippen molar-refractivity contribution < 1.29 is 0 Å². The van der Waals surface area contributed by atoms with Gasteiger partial charge in [0.1, 0.15) is 11.0 Å². The van der Waals surface area contributed by atoms with Gasteiger partial charge < -0.3 is 10.6 Å². The fourth-order valence-corrected chi connectivity index (χ4v) is 1.99. The number of aromatic amines is 1. The number of aromatic nitrogens is 3. The SMILES string of the molecule is CC(CNC1CC1)NCc1ccc2n[nH]nc2c1. The van der Waals surface area contributed by atoms with E-state index in [-0.39, 0.29) is 0 Å². The predicted molar refractivity (Wildman–Crippen MR) is 71.2 cm³/mol. The molecule has 0 amide bonds. The summed E-state index contributed by atoms with van der Waals surface area (Å²) in [5.41, 5.74) is 3.09. The van der Waals surface area contributed by atoms with E-state index in [4.69, 9.17) is 0 Å². The van der Waals surface area contributed by atoms with Crippen LogP contribution in [0.4, 0.5) is 0 Å². The molecule has 1 aliphatic carbocycles. The van der Waals surface area contributed by atoms with E-state index < -0.39 is 0 Å². The highest BCUT2D eigenvalue weighted by atomic mass is 15.3. The minimum Gasteiger partial charge on any atom is -0.312 e. The molecule has 1 aliphatic rings. The predicted octanol–water partition coefficient (Wildman–Crippen LogP) is 1.19. The summed E-state index contributed by atoms with van der Waals surface area (Å²) in [6.45, 7) is 4.12. The van der Waals surface area contributed by atoms with Crippen molar-refractivity contribution in [2.24, 2.45) is 0 Å². The Morgan fingerprint density at radius 2 is 2.17 bits per heavy atom. The van der Waals surface area contributed by atoms with Crippen molar-refractivity contribution in [2.45, 2.75) is 38.4 Å². The van der Waals surface area contributed by atoms with Gasteiger partial charge in [0, 0.05) is 25.2 Å². The number of benzene rings is 1. The molecular weight excluding hydrogens is 226 g/mol. The maximum atomic E-state index is 4.10. The molecule has 5 nitrogen and oxygen atoms in total. The highest BCUT2D eigenvalue weighted by molar-refractivity contribution is 5.74. The van der Waals surface area contributed by atoms with E-state index in [9.17, 15) is 0 Å². The Hall–Kier alpha value is -1.46. The molecule has 0 saturated heterocycles. The number of fused-ring (bicyclic) bond motifs is 1. The fourth-order valence-electron chi connectivity index (χ4n) is 1.99. The van der Waals surface area contributed by atoms with Crippen LogP contribution in [0.1, 0.15) is 25.3 Å². The molecule has 3 N–H and O–H groups in total. The minimum atomic E-state index is 0.485. The van der Waals surface area contributed by atoms with Gasteiger partial charge in [-0.25, -0.2) is 0 Å². The van der Waals surface area contributed by atoms with Gasteiger partial charge in [0.15, 0.2) is 0 Å². The quantitative estimate of drug-likeness (QED) is 0.715. The second-order valence-corrected chi connectivity index (χ2v) is 5.11. The van der Waals surface area contributed by atoms with E-state index in [2.05, 4.69) is 45.1 Å². The largest absolute Gasteiger partial charge is 0.312 e. The number of rotatable bonds is 6. The van der Waals surface area contributed by atoms with Crippen LogP contribution in [-0.2, 0) is 6.54 Å². The lowest BCUT2D eigenvalue weighted by molar-refractivity contribution is 0.500. The van der Waals surface area contributed by atoms with Crippen molar-refractivity contribution in [3.05, 3.63) is 23.8 Å². The van der Waals surface area contributed by atoms with Crippen LogP contribution in [-0.4, -0.2) is 34.0 Å². The molecule has 3 rings (SSSR count). The maximum absolute atomic E-state index is 4.10. The van der Waals surface area contributed by atoms with Gasteiger partial charge in [-0.3, -0.25) is 0 Å². The molecule has 5 heteroatoms. The van der Waals surface area contributed by atoms with Crippen molar-refractivity contribution >= 4 is 11.0 Å². The highest BCUT2D eigenvalue weighted by Gasteiger charge is 2.20. The van der Waals surface area contributed by atoms with Crippen molar-refractivity contribution in [3.63, 3.8) is 0 Å². The lowest BCUT2D eigenvalue weighted by Crippen LogP contribution is -2.36. The third kappa shape index (κ3) is 2.86. The summed E-state index contributed by atoms with van der Waals surface area (Å²) < 4.78 is 0. The minimum absolute atomic E-state index is 0.485. The summed E-state index contributed by atoms with van der Waals surface area (Å²) >= 11 is 0. The number of H-pyrrole nitrogens is 1. The van der Waals surface area contributed by atoms with Crippen LogP contribution in [0.25, 0.3) is 11.0 Å². The third-order valence-electron chi connectivity index (χ3n) is 3.33. The Balaban J connectivity index is 1.51. The number of nitrogens with zero attached hydrogens (tertiary/aromatic N) is 2. The highest BCUT2D eigenvalue weighted by Crippen LogP contribution is 2.18. The Labute approximate surface area is 106 Å². The number of hydrogen-bond acceptors (Lipinski definition) is 4. The number of hydrogen-bond donors (Lipinski definition) is 3. The molecule has 0 aliphatic heterocycles. The summed E-state index contributed by atoms with van der Waals surface area (Å²) in [5, 5.41) is 17.8. The molecule has 1 aromatic heterocycles. The summed E-state index contributed by atoms with van der Waals surface area (Å²) in [6, 6.07) is 7.44. The summed E-state index contributed by atoms with van der Waals surface area (Å²) in [5.74, 6) is 0. The Kier molecular flexibility index (Phi) is 3.25. The van der Waals surface area contributed by atoms with Gasteiger partial charge >= 0.3 is 0 Å². The molecule has 2 aromatic rings. The van der Waals surface area contributed by atoms with Crippen LogP contribution < -0.4 is 10.6 Å². The Morgan fingerprint density at radius 3 is 3.00 bits per heavy atom. The Morgan fingerprint density at radius 1 is 1.33 bits per heavy atom. The molecule has 96 valence electrons. The molecule has 0 radical (unpaired) electrons. The molecule has 0 spiro atoms. The first kappa shape index (κ1) is 11.6. The van der Waals surface area contributed by atoms with E-state index in [0.29, 0.717) is 6.04 Å². The van der Waals surface area contributed by atoms with Gasteiger partial charge in [0.05, 0.1) is 0 Å². The van der Waals surface area contributed by atoms with E-state index in [1.54, 1.807) is 0 Å². The normalized spacial score (nSPS) is 17.2. The average molecular weight is 245 g/mol. The van der Waals surface area contributed by atoms with Crippen LogP contribution in [0.2, 0.25) is 0 Å². The summed E-state index contributed by atoms with van der Waals surface area (Å²) in [4.78, 5) is 0. The average Bonchev–Trinajstić information content (AvgIpc) is 3.10. The zero-order valence-corrected chi connectivity index (χ0v) is 10.6. The van der Waals surface area contributed by atoms with Gasteiger partial charge in [-0.1, -0.05) is 6.07 Å². The second kappa shape index (κ2) is 5.04. The van der Waals surface area contributed by atoms with Gasteiger partial charge in [0.25, 0.3) is 0 Å². The smallest absolute Gasteiger partial charge is 0.113 e. The Bertz CT molecular complexity index is 517. The van der Waals surface area contributed by atoms with Crippen LogP contribution in [0.15, 0.2) is 18.2 Å². The van der Waals surface area contributed by atoms with Crippen molar-refractivity contribution in [1.29, 1.82) is 0 Å². The monoisotopic (exact) mass is 245 g/mol. The second-order valence-electron chi connectivity index (χ2n) is 5.11. The first-order valence-electron chi connectivity index (χ1n) is 6.57. The van der Waals surface area contributed by atoms with Crippen molar-refractivity contribution in [1.82, 2.24) is 26.0 Å². The lowest BCUT2D eigenvalue weighted by atomic mass is 10.2. The first-order valence-corrected chi connectivity index (χ1v) is 6.57. The van der Waals surface area contributed by atoms with Crippen LogP contribution in [0, 0.1) is 0 Å². The zero-order chi connectivity index (χ0) is 12.4. The molecule has 0 bridgehead atoms. The van der Waals surface area contributed by atoms with Crippen molar-refractivity contribution in [3.8, 4) is 0 Å². The maximum Gasteiger partial charge on any atom is 0.113 e. The fraction of sp³-hybridized carbons (Fsp3) is 0.538. The van der Waals surface area contributed by atoms with Gasteiger partial charge in [0.2, 0.25) is 0 Å². The van der Waals surface area contributed by atoms with Gasteiger partial charge in [-0.2, -0.15) is 15.4 Å². The van der Waals surface area contributed by atoms with Gasteiger partial charge in [-0.05, 0) is 37.5 Å². The molecular formula is C13H19N5. The molecule has 1 aromatic carbocycles. The molecule has 1 heterocycles. The summed E-state index contributed by atoms with van der Waals surface area (Å²) in [7, 11) is 0. The molecule has 1 unspecified atom stereocenters. The lowest BCUT2D eigenvalue weighted by Gasteiger charge is -2.14. The molecule has 1 saturated carbocycles. The van der Waals surface area contributed by atoms with Crippen molar-refractivity contribution in [2.75, 3.05) is 6.54 Å². The van der Waals surface area contributed by atoms with E-state index in [1.807, 2.05) is 6.07 Å². The first-order chi connectivity index (χ1) is 8.81. The topological polar surface area (TPSA) is 65.6 Å². The van der Waals surface area contributed by atoms with E-state index in [0.717, 1.165) is 30.2 Å². The van der Waals surface area contributed by atoms with E-state index >= 15 is 0 Å². The van der Waals surface area contributed by atoms with Gasteiger partial charge in [-0.15, -0.1) is 0 Å². The zero-order valence-electron chi connectivity index (χ0n) is 10.6. The molecule has 18 heavy (non-hydrogen) atoms.